The lowest BCUT2D eigenvalue weighted by Crippen LogP contribution is -2.57. The van der Waals surface area contributed by atoms with Gasteiger partial charge < -0.3 is 29.7 Å². The van der Waals surface area contributed by atoms with Gasteiger partial charge >= 0.3 is 0 Å². The van der Waals surface area contributed by atoms with Crippen molar-refractivity contribution in [1.29, 1.82) is 5.26 Å². The van der Waals surface area contributed by atoms with Crippen LogP contribution in [0.1, 0.15) is 32.6 Å². The zero-order chi connectivity index (χ0) is 23.4. The van der Waals surface area contributed by atoms with Crippen molar-refractivity contribution >= 4 is 25.2 Å². The molecule has 31 heavy (non-hydrogen) atoms. The number of ether oxygens (including phenoxy) is 1. The van der Waals surface area contributed by atoms with E-state index in [1.54, 1.807) is 0 Å². The van der Waals surface area contributed by atoms with E-state index in [-0.39, 0.29) is 27.5 Å². The van der Waals surface area contributed by atoms with Crippen molar-refractivity contribution < 1.29 is 23.8 Å². The van der Waals surface area contributed by atoms with Crippen molar-refractivity contribution in [2.45, 2.75) is 62.7 Å². The fourth-order valence-electron chi connectivity index (χ4n) is 3.35. The molecule has 11 heteroatoms. The van der Waals surface area contributed by atoms with Gasteiger partial charge in [-0.2, -0.15) is 5.26 Å². The van der Waals surface area contributed by atoms with E-state index in [0.29, 0.717) is 0 Å². The third-order valence-corrected chi connectivity index (χ3v) is 10.6. The molecular weight excluding hydrogens is 421 g/mol. The number of rotatable bonds is 4. The third-order valence-electron chi connectivity index (χ3n) is 6.15. The van der Waals surface area contributed by atoms with E-state index >= 15 is 4.39 Å². The lowest BCUT2D eigenvalue weighted by molar-refractivity contribution is -0.203. The van der Waals surface area contributed by atoms with Gasteiger partial charge in [0.05, 0.1) is 10.9 Å². The monoisotopic (exact) mass is 447 g/mol. The summed E-state index contributed by atoms with van der Waals surface area (Å²) < 4.78 is 28.7. The number of hydrogen-bond donors (Lipinski definition) is 3. The number of halogens is 1. The highest BCUT2D eigenvalue weighted by Crippen LogP contribution is 2.50. The number of nitrogen functional groups attached to an aromatic ring is 1. The van der Waals surface area contributed by atoms with Crippen molar-refractivity contribution in [2.24, 2.45) is 0 Å². The molecule has 0 amide bonds. The smallest absolute Gasteiger partial charge is 0.263 e. The summed E-state index contributed by atoms with van der Waals surface area (Å²) in [5.41, 5.74) is 3.78. The number of aliphatic hydroxyl groups is 2. The Bertz CT molecular complexity index is 1100. The summed E-state index contributed by atoms with van der Waals surface area (Å²) in [4.78, 5) is 7.98. The summed E-state index contributed by atoms with van der Waals surface area (Å²) in [6.07, 6.45) is 4.90. The Kier molecular flexibility index (Phi) is 5.42. The minimum atomic E-state index is -2.80. The number of aromatic nitrogens is 3. The van der Waals surface area contributed by atoms with Crippen LogP contribution >= 0.6 is 0 Å². The van der Waals surface area contributed by atoms with Crippen LogP contribution in [-0.4, -0.2) is 57.2 Å². The Labute approximate surface area is 180 Å². The molecule has 1 aliphatic rings. The van der Waals surface area contributed by atoms with E-state index in [1.165, 1.54) is 10.8 Å². The van der Waals surface area contributed by atoms with Crippen molar-refractivity contribution in [3.8, 4) is 18.4 Å². The van der Waals surface area contributed by atoms with E-state index in [4.69, 9.17) is 21.3 Å². The molecule has 0 radical (unpaired) electrons. The van der Waals surface area contributed by atoms with Crippen LogP contribution in [0.5, 0.6) is 0 Å². The van der Waals surface area contributed by atoms with Crippen LogP contribution in [0.4, 0.5) is 10.2 Å². The zero-order valence-corrected chi connectivity index (χ0v) is 19.0. The Morgan fingerprint density at radius 1 is 1.45 bits per heavy atom. The van der Waals surface area contributed by atoms with Gasteiger partial charge in [-0.1, -0.05) is 26.7 Å². The molecule has 0 bridgehead atoms. The topological polar surface area (TPSA) is 139 Å². The largest absolute Gasteiger partial charge is 0.404 e. The van der Waals surface area contributed by atoms with E-state index in [9.17, 15) is 15.5 Å². The van der Waals surface area contributed by atoms with Crippen LogP contribution in [0.25, 0.3) is 11.0 Å². The highest BCUT2D eigenvalue weighted by molar-refractivity contribution is 6.74. The minimum Gasteiger partial charge on any atom is -0.404 e. The summed E-state index contributed by atoms with van der Waals surface area (Å²) in [5.74, 6) is -0.562. The number of nitriles is 1. The summed E-state index contributed by atoms with van der Waals surface area (Å²) in [6.45, 7) is 8.45. The van der Waals surface area contributed by atoms with Crippen LogP contribution < -0.4 is 5.73 Å². The molecule has 9 nitrogen and oxygen atoms in total. The van der Waals surface area contributed by atoms with Crippen molar-refractivity contribution in [3.05, 3.63) is 18.1 Å². The van der Waals surface area contributed by atoms with Gasteiger partial charge in [0, 0.05) is 6.20 Å². The fraction of sp³-hybridized carbons (Fsp3) is 0.550. The van der Waals surface area contributed by atoms with Gasteiger partial charge in [-0.3, -0.25) is 0 Å². The second-order valence-corrected chi connectivity index (χ2v) is 13.9. The Morgan fingerprint density at radius 2 is 2.10 bits per heavy atom. The van der Waals surface area contributed by atoms with Crippen LogP contribution in [0, 0.1) is 23.7 Å². The third kappa shape index (κ3) is 3.39. The first-order chi connectivity index (χ1) is 14.3. The van der Waals surface area contributed by atoms with Gasteiger partial charge in [0.25, 0.3) is 5.85 Å². The van der Waals surface area contributed by atoms with Crippen molar-refractivity contribution in [2.75, 3.05) is 12.3 Å². The molecule has 0 spiro atoms. The van der Waals surface area contributed by atoms with Crippen molar-refractivity contribution in [1.82, 2.24) is 14.5 Å². The number of terminal acetylenes is 1. The molecule has 0 unspecified atom stereocenters. The molecule has 4 atom stereocenters. The van der Waals surface area contributed by atoms with E-state index in [0.717, 1.165) is 6.33 Å². The molecule has 166 valence electrons. The predicted molar refractivity (Wildman–Crippen MR) is 114 cm³/mol. The molecule has 2 aromatic heterocycles. The molecule has 3 heterocycles. The van der Waals surface area contributed by atoms with Gasteiger partial charge in [-0.15, -0.1) is 6.42 Å². The lowest BCUT2D eigenvalue weighted by Gasteiger charge is -2.42. The number of aliphatic hydroxyl groups excluding tert-OH is 1. The Morgan fingerprint density at radius 3 is 2.61 bits per heavy atom. The summed E-state index contributed by atoms with van der Waals surface area (Å²) in [5, 5.41) is 30.7. The van der Waals surface area contributed by atoms with Crippen LogP contribution in [0.15, 0.2) is 12.5 Å². The molecule has 0 aliphatic carbocycles. The normalized spacial score (nSPS) is 29.1. The van der Waals surface area contributed by atoms with Crippen molar-refractivity contribution in [3.63, 3.8) is 0 Å². The zero-order valence-electron chi connectivity index (χ0n) is 18.0. The summed E-state index contributed by atoms with van der Waals surface area (Å²) in [6, 6.07) is 1.97. The molecule has 2 aromatic rings. The maximum absolute atomic E-state index is 15.8. The van der Waals surface area contributed by atoms with Crippen LogP contribution in [-0.2, 0) is 9.16 Å². The number of hydrogen-bond acceptors (Lipinski definition) is 8. The van der Waals surface area contributed by atoms with E-state index in [1.807, 2.05) is 39.9 Å². The first-order valence-corrected chi connectivity index (χ1v) is 12.5. The van der Waals surface area contributed by atoms with E-state index < -0.39 is 38.7 Å². The Hall–Kier alpha value is -2.54. The Balaban J connectivity index is 2.21. The number of nitrogens with zero attached hydrogens (tertiary/aromatic N) is 4. The first kappa shape index (κ1) is 23.1. The average molecular weight is 448 g/mol. The van der Waals surface area contributed by atoms with Gasteiger partial charge in [-0.05, 0) is 18.1 Å². The standard InChI is InChI=1S/C20H26FN5O4Si/c1-7-19(28)16(30-31(5,6)18(2,3)4)20(21,10-27)29-17(19)26-9-12(8-22)13-14(23)24-11-25-15(13)26/h1,9,11,16-17,27-28H,10H2,2-6H3,(H2,23,24,25)/t16-,17+,19+,20+/m0/s1. The van der Waals surface area contributed by atoms with Gasteiger partial charge in [-0.25, -0.2) is 14.4 Å². The van der Waals surface area contributed by atoms with Gasteiger partial charge in [0.1, 0.15) is 30.5 Å². The minimum absolute atomic E-state index is 0.0327. The number of fused-ring (bicyclic) bond motifs is 1. The maximum Gasteiger partial charge on any atom is 0.263 e. The molecule has 1 aliphatic heterocycles. The maximum atomic E-state index is 15.8. The van der Waals surface area contributed by atoms with Gasteiger partial charge in [0.2, 0.25) is 5.60 Å². The average Bonchev–Trinajstić information content (AvgIpc) is 3.17. The fourth-order valence-corrected chi connectivity index (χ4v) is 4.65. The lowest BCUT2D eigenvalue weighted by atomic mass is 9.94. The predicted octanol–water partition coefficient (Wildman–Crippen LogP) is 1.83. The highest BCUT2D eigenvalue weighted by Gasteiger charge is 2.67. The summed E-state index contributed by atoms with van der Waals surface area (Å²) >= 11 is 0. The molecular formula is C20H26FN5O4Si. The van der Waals surface area contributed by atoms with Gasteiger partial charge in [0.15, 0.2) is 20.6 Å². The molecule has 4 N–H and O–H groups in total. The summed E-state index contributed by atoms with van der Waals surface area (Å²) in [7, 11) is -2.67. The second kappa shape index (κ2) is 7.26. The van der Waals surface area contributed by atoms with E-state index in [2.05, 4.69) is 15.9 Å². The van der Waals surface area contributed by atoms with Crippen LogP contribution in [0.3, 0.4) is 0 Å². The van der Waals surface area contributed by atoms with Crippen LogP contribution in [0.2, 0.25) is 18.1 Å². The second-order valence-electron chi connectivity index (χ2n) is 9.16. The molecule has 0 saturated carbocycles. The molecule has 1 saturated heterocycles. The highest BCUT2D eigenvalue weighted by atomic mass is 28.4. The first-order valence-electron chi connectivity index (χ1n) is 9.62. The molecule has 0 aromatic carbocycles. The SMILES string of the molecule is C#C[C@]1(O)[C@H](n2cc(C#N)c3c(N)ncnc32)O[C@](F)(CO)[C@H]1O[Si](C)(C)C(C)(C)C. The number of nitrogens with two attached hydrogens (primary N) is 1. The quantitative estimate of drug-likeness (QED) is 0.476. The molecule has 3 rings (SSSR count). The number of alkyl halides is 1. The number of anilines is 1. The molecule has 1 fully saturated rings.